The van der Waals surface area contributed by atoms with Gasteiger partial charge in [-0.3, -0.25) is 9.59 Å². The summed E-state index contributed by atoms with van der Waals surface area (Å²) in [5, 5.41) is 0. The van der Waals surface area contributed by atoms with Gasteiger partial charge in [0.25, 0.3) is 5.91 Å². The van der Waals surface area contributed by atoms with E-state index in [9.17, 15) is 9.59 Å². The first kappa shape index (κ1) is 12.0. The maximum absolute atomic E-state index is 12.3. The number of hydrogen-bond donors (Lipinski definition) is 1. The molecule has 1 aromatic rings. The van der Waals surface area contributed by atoms with Gasteiger partial charge in [0.2, 0.25) is 11.9 Å². The van der Waals surface area contributed by atoms with Crippen LogP contribution >= 0.6 is 0 Å². The molecule has 2 heterocycles. The molecule has 100 valence electrons. The number of nitrogens with two attached hydrogens (primary N) is 1. The standard InChI is InChI=1S/C13H14N2O4/c14-8-1-2-10-9(7-8)11(16)12(19-10)13(17)15-3-5-18-6-4-15/h1-2,7,12H,3-6,14H2. The lowest BCUT2D eigenvalue weighted by Gasteiger charge is -2.28. The fourth-order valence-electron chi connectivity index (χ4n) is 2.28. The summed E-state index contributed by atoms with van der Waals surface area (Å²) in [5.74, 6) is -0.201. The van der Waals surface area contributed by atoms with Crippen LogP contribution in [0.1, 0.15) is 10.4 Å². The molecule has 1 saturated heterocycles. The normalized spacial score (nSPS) is 22.0. The van der Waals surface area contributed by atoms with Crippen LogP contribution in [0, 0.1) is 0 Å². The maximum atomic E-state index is 12.3. The Morgan fingerprint density at radius 1 is 1.32 bits per heavy atom. The number of fused-ring (bicyclic) bond motifs is 1. The zero-order valence-corrected chi connectivity index (χ0v) is 10.3. The predicted octanol–water partition coefficient (Wildman–Crippen LogP) is 0.0713. The van der Waals surface area contributed by atoms with Crippen LogP contribution in [0.25, 0.3) is 0 Å². The molecule has 2 aliphatic heterocycles. The Labute approximate surface area is 110 Å². The maximum Gasteiger partial charge on any atom is 0.272 e. The van der Waals surface area contributed by atoms with E-state index in [1.165, 1.54) is 0 Å². The summed E-state index contributed by atoms with van der Waals surface area (Å²) in [6, 6.07) is 4.81. The van der Waals surface area contributed by atoms with Crippen molar-refractivity contribution in [1.82, 2.24) is 4.90 Å². The van der Waals surface area contributed by atoms with Gasteiger partial charge in [0.15, 0.2) is 0 Å². The average molecular weight is 262 g/mol. The Hall–Kier alpha value is -2.08. The average Bonchev–Trinajstić information content (AvgIpc) is 2.76. The number of carbonyl (C=O) groups is 2. The summed E-state index contributed by atoms with van der Waals surface area (Å²) in [6.45, 7) is 1.97. The number of ether oxygens (including phenoxy) is 2. The Kier molecular flexibility index (Phi) is 2.87. The minimum Gasteiger partial charge on any atom is -0.472 e. The zero-order valence-electron chi connectivity index (χ0n) is 10.3. The van der Waals surface area contributed by atoms with Crippen molar-refractivity contribution < 1.29 is 19.1 Å². The summed E-state index contributed by atoms with van der Waals surface area (Å²) in [6.07, 6.45) is -1.07. The third kappa shape index (κ3) is 2.04. The van der Waals surface area contributed by atoms with Crippen molar-refractivity contribution in [2.75, 3.05) is 32.0 Å². The van der Waals surface area contributed by atoms with E-state index in [1.807, 2.05) is 0 Å². The van der Waals surface area contributed by atoms with Crippen molar-refractivity contribution in [3.05, 3.63) is 23.8 Å². The number of Topliss-reactive ketones (excluding diaryl/α,β-unsaturated/α-hetero) is 1. The summed E-state index contributed by atoms with van der Waals surface area (Å²) in [5.41, 5.74) is 6.50. The Balaban J connectivity index is 1.81. The number of benzene rings is 1. The summed E-state index contributed by atoms with van der Waals surface area (Å²) in [4.78, 5) is 26.0. The van der Waals surface area contributed by atoms with Crippen LogP contribution in [0.15, 0.2) is 18.2 Å². The molecular weight excluding hydrogens is 248 g/mol. The summed E-state index contributed by atoms with van der Waals surface area (Å²) < 4.78 is 10.6. The molecule has 1 aromatic carbocycles. The summed E-state index contributed by atoms with van der Waals surface area (Å²) >= 11 is 0. The topological polar surface area (TPSA) is 81.9 Å². The van der Waals surface area contributed by atoms with E-state index in [0.29, 0.717) is 43.3 Å². The van der Waals surface area contributed by atoms with Gasteiger partial charge in [0, 0.05) is 18.8 Å². The number of carbonyl (C=O) groups excluding carboxylic acids is 2. The van der Waals surface area contributed by atoms with Gasteiger partial charge in [-0.25, -0.2) is 0 Å². The molecule has 6 nitrogen and oxygen atoms in total. The van der Waals surface area contributed by atoms with Crippen molar-refractivity contribution in [2.24, 2.45) is 0 Å². The third-order valence-electron chi connectivity index (χ3n) is 3.30. The number of amides is 1. The Morgan fingerprint density at radius 2 is 2.05 bits per heavy atom. The number of morpholine rings is 1. The highest BCUT2D eigenvalue weighted by Gasteiger charge is 2.40. The van der Waals surface area contributed by atoms with Crippen LogP contribution in [-0.2, 0) is 9.53 Å². The molecule has 0 aliphatic carbocycles. The first-order chi connectivity index (χ1) is 9.16. The lowest BCUT2D eigenvalue weighted by Crippen LogP contribution is -2.48. The van der Waals surface area contributed by atoms with E-state index in [4.69, 9.17) is 15.2 Å². The molecule has 19 heavy (non-hydrogen) atoms. The fraction of sp³-hybridized carbons (Fsp3) is 0.385. The Morgan fingerprint density at radius 3 is 2.79 bits per heavy atom. The van der Waals surface area contributed by atoms with Gasteiger partial charge in [-0.15, -0.1) is 0 Å². The second-order valence-electron chi connectivity index (χ2n) is 4.56. The highest BCUT2D eigenvalue weighted by atomic mass is 16.5. The van der Waals surface area contributed by atoms with Crippen LogP contribution in [0.5, 0.6) is 5.75 Å². The second kappa shape index (κ2) is 4.55. The van der Waals surface area contributed by atoms with Gasteiger partial charge >= 0.3 is 0 Å². The molecule has 0 spiro atoms. The lowest BCUT2D eigenvalue weighted by molar-refractivity contribution is -0.140. The van der Waals surface area contributed by atoms with Crippen molar-refractivity contribution in [2.45, 2.75) is 6.10 Å². The van der Waals surface area contributed by atoms with Gasteiger partial charge in [-0.1, -0.05) is 0 Å². The number of nitrogen functional groups attached to an aromatic ring is 1. The van der Waals surface area contributed by atoms with E-state index in [-0.39, 0.29) is 11.7 Å². The molecule has 0 bridgehead atoms. The molecule has 0 aromatic heterocycles. The van der Waals surface area contributed by atoms with Crippen LogP contribution in [-0.4, -0.2) is 49.0 Å². The molecule has 2 aliphatic rings. The van der Waals surface area contributed by atoms with Gasteiger partial charge in [-0.2, -0.15) is 0 Å². The van der Waals surface area contributed by atoms with Crippen LogP contribution in [0.4, 0.5) is 5.69 Å². The molecule has 0 saturated carbocycles. The van der Waals surface area contributed by atoms with Gasteiger partial charge in [-0.05, 0) is 18.2 Å². The quantitative estimate of drug-likeness (QED) is 0.572. The molecule has 6 heteroatoms. The Bertz CT molecular complexity index is 537. The van der Waals surface area contributed by atoms with Gasteiger partial charge in [0.05, 0.1) is 18.8 Å². The number of ketones is 1. The minimum atomic E-state index is -1.07. The molecule has 1 amide bonds. The summed E-state index contributed by atoms with van der Waals surface area (Å²) in [7, 11) is 0. The molecule has 1 fully saturated rings. The first-order valence-electron chi connectivity index (χ1n) is 6.14. The van der Waals surface area contributed by atoms with Crippen molar-refractivity contribution in [3.8, 4) is 5.75 Å². The highest BCUT2D eigenvalue weighted by molar-refractivity contribution is 6.16. The first-order valence-corrected chi connectivity index (χ1v) is 6.14. The fourth-order valence-corrected chi connectivity index (χ4v) is 2.28. The minimum absolute atomic E-state index is 0.303. The number of anilines is 1. The molecule has 1 unspecified atom stereocenters. The van der Waals surface area contributed by atoms with Gasteiger partial charge < -0.3 is 20.1 Å². The van der Waals surface area contributed by atoms with Crippen LogP contribution in [0.3, 0.4) is 0 Å². The SMILES string of the molecule is Nc1ccc2c(c1)C(=O)C(C(=O)N1CCOCC1)O2. The molecular formula is C13H14N2O4. The highest BCUT2D eigenvalue weighted by Crippen LogP contribution is 2.31. The monoisotopic (exact) mass is 262 g/mol. The predicted molar refractivity (Wildman–Crippen MR) is 67.0 cm³/mol. The van der Waals surface area contributed by atoms with Crippen molar-refractivity contribution in [3.63, 3.8) is 0 Å². The lowest BCUT2D eigenvalue weighted by atomic mass is 10.1. The van der Waals surface area contributed by atoms with E-state index in [1.54, 1.807) is 23.1 Å². The molecule has 0 radical (unpaired) electrons. The zero-order chi connectivity index (χ0) is 13.4. The van der Waals surface area contributed by atoms with Crippen LogP contribution < -0.4 is 10.5 Å². The van der Waals surface area contributed by atoms with Crippen LogP contribution in [0.2, 0.25) is 0 Å². The van der Waals surface area contributed by atoms with Gasteiger partial charge in [0.1, 0.15) is 5.75 Å². The van der Waals surface area contributed by atoms with E-state index < -0.39 is 6.10 Å². The number of rotatable bonds is 1. The molecule has 3 rings (SSSR count). The number of hydrogen-bond acceptors (Lipinski definition) is 5. The van der Waals surface area contributed by atoms with E-state index in [2.05, 4.69) is 0 Å². The van der Waals surface area contributed by atoms with E-state index >= 15 is 0 Å². The largest absolute Gasteiger partial charge is 0.472 e. The van der Waals surface area contributed by atoms with Crippen molar-refractivity contribution >= 4 is 17.4 Å². The smallest absolute Gasteiger partial charge is 0.272 e. The third-order valence-corrected chi connectivity index (χ3v) is 3.30. The molecule has 1 atom stereocenters. The number of nitrogens with zero attached hydrogens (tertiary/aromatic N) is 1. The van der Waals surface area contributed by atoms with Crippen molar-refractivity contribution in [1.29, 1.82) is 0 Å². The molecule has 2 N–H and O–H groups in total. The second-order valence-corrected chi connectivity index (χ2v) is 4.56. The van der Waals surface area contributed by atoms with E-state index in [0.717, 1.165) is 0 Å².